The minimum absolute atomic E-state index is 0.0679. The van der Waals surface area contributed by atoms with Crippen molar-refractivity contribution >= 4 is 28.5 Å². The van der Waals surface area contributed by atoms with Gasteiger partial charge in [0.15, 0.2) is 11.3 Å². The number of fused-ring (bicyclic) bond motifs is 1. The van der Waals surface area contributed by atoms with Gasteiger partial charge in [-0.05, 0) is 62.7 Å². The summed E-state index contributed by atoms with van der Waals surface area (Å²) in [5, 5.41) is 6.50. The van der Waals surface area contributed by atoms with Gasteiger partial charge in [0.1, 0.15) is 11.6 Å². The number of hydrogen-bond donors (Lipinski definition) is 2. The van der Waals surface area contributed by atoms with Crippen molar-refractivity contribution in [2.24, 2.45) is 0 Å². The van der Waals surface area contributed by atoms with Crippen LogP contribution >= 0.6 is 0 Å². The average Bonchev–Trinajstić information content (AvgIpc) is 3.26. The monoisotopic (exact) mass is 460 g/mol. The first-order valence-corrected chi connectivity index (χ1v) is 11.0. The Morgan fingerprint density at radius 3 is 2.59 bits per heavy atom. The van der Waals surface area contributed by atoms with E-state index in [1.807, 2.05) is 38.1 Å². The summed E-state index contributed by atoms with van der Waals surface area (Å²) < 4.78 is 25.6. The molecule has 0 aliphatic carbocycles. The molecule has 34 heavy (non-hydrogen) atoms. The maximum Gasteiger partial charge on any atom is 0.258 e. The number of nitrogens with one attached hydrogen (secondary N) is 2. The normalized spacial score (nSPS) is 11.8. The molecule has 6 nitrogen and oxygen atoms in total. The van der Waals surface area contributed by atoms with Crippen LogP contribution < -0.4 is 15.4 Å². The zero-order chi connectivity index (χ0) is 24.2. The van der Waals surface area contributed by atoms with Crippen LogP contribution in [0.3, 0.4) is 0 Å². The number of rotatable bonds is 7. The van der Waals surface area contributed by atoms with E-state index in [0.717, 1.165) is 10.9 Å². The highest BCUT2D eigenvalue weighted by atomic mass is 19.1. The molecule has 174 valence electrons. The minimum Gasteiger partial charge on any atom is -0.490 e. The van der Waals surface area contributed by atoms with Gasteiger partial charge in [-0.25, -0.2) is 4.39 Å². The van der Waals surface area contributed by atoms with Gasteiger partial charge in [-0.15, -0.1) is 0 Å². The number of anilines is 1. The van der Waals surface area contributed by atoms with Gasteiger partial charge >= 0.3 is 0 Å². The lowest BCUT2D eigenvalue weighted by Crippen LogP contribution is -2.26. The quantitative estimate of drug-likeness (QED) is 0.353. The number of carbonyl (C=O) groups is 2. The highest BCUT2D eigenvalue weighted by molar-refractivity contribution is 6.05. The fourth-order valence-electron chi connectivity index (χ4n) is 3.62. The molecule has 0 bridgehead atoms. The SMILES string of the molecule is CCOc1cccc2cc(C(C)NC(=O)c3ccc(C)c(NC(=O)c4ccccc4F)c3)oc12. The Balaban J connectivity index is 1.51. The molecular weight excluding hydrogens is 435 g/mol. The summed E-state index contributed by atoms with van der Waals surface area (Å²) in [5.41, 5.74) is 2.09. The molecule has 0 radical (unpaired) electrons. The van der Waals surface area contributed by atoms with Gasteiger partial charge in [-0.3, -0.25) is 9.59 Å². The van der Waals surface area contributed by atoms with E-state index < -0.39 is 17.8 Å². The van der Waals surface area contributed by atoms with Gasteiger partial charge in [0, 0.05) is 16.6 Å². The molecule has 2 N–H and O–H groups in total. The first-order valence-electron chi connectivity index (χ1n) is 11.0. The van der Waals surface area contributed by atoms with Gasteiger partial charge in [-0.2, -0.15) is 0 Å². The first kappa shape index (κ1) is 23.0. The van der Waals surface area contributed by atoms with Crippen LogP contribution in [0.1, 0.15) is 51.9 Å². The van der Waals surface area contributed by atoms with Crippen LogP contribution in [-0.2, 0) is 0 Å². The topological polar surface area (TPSA) is 80.6 Å². The highest BCUT2D eigenvalue weighted by Gasteiger charge is 2.19. The molecule has 0 saturated carbocycles. The van der Waals surface area contributed by atoms with Crippen molar-refractivity contribution in [3.63, 3.8) is 0 Å². The molecule has 4 rings (SSSR count). The molecule has 1 atom stereocenters. The number of ether oxygens (including phenoxy) is 1. The van der Waals surface area contributed by atoms with Crippen LogP contribution in [0, 0.1) is 12.7 Å². The number of aryl methyl sites for hydroxylation is 1. The van der Waals surface area contributed by atoms with E-state index in [-0.39, 0.29) is 11.5 Å². The van der Waals surface area contributed by atoms with Crippen molar-refractivity contribution in [1.29, 1.82) is 0 Å². The van der Waals surface area contributed by atoms with Gasteiger partial charge < -0.3 is 19.8 Å². The molecule has 0 spiro atoms. The number of hydrogen-bond acceptors (Lipinski definition) is 4. The Morgan fingerprint density at radius 2 is 1.82 bits per heavy atom. The van der Waals surface area contributed by atoms with E-state index in [9.17, 15) is 14.0 Å². The number of carbonyl (C=O) groups excluding carboxylic acids is 2. The Morgan fingerprint density at radius 1 is 1.03 bits per heavy atom. The molecule has 0 fully saturated rings. The van der Waals surface area contributed by atoms with E-state index >= 15 is 0 Å². The fraction of sp³-hybridized carbons (Fsp3) is 0.185. The third kappa shape index (κ3) is 4.78. The van der Waals surface area contributed by atoms with Crippen LogP contribution in [0.15, 0.2) is 71.1 Å². The molecule has 4 aromatic rings. The number of halogens is 1. The summed E-state index contributed by atoms with van der Waals surface area (Å²) in [5.74, 6) is -0.285. The Labute approximate surface area is 196 Å². The number of furan rings is 1. The van der Waals surface area contributed by atoms with E-state index in [2.05, 4.69) is 10.6 Å². The molecule has 1 heterocycles. The molecule has 0 aliphatic rings. The second kappa shape index (κ2) is 9.79. The fourth-order valence-corrected chi connectivity index (χ4v) is 3.62. The number of amides is 2. The molecule has 1 aromatic heterocycles. The Hall–Kier alpha value is -4.13. The standard InChI is InChI=1S/C27H25FN2O4/c1-4-33-23-11-7-8-18-15-24(34-25(18)23)17(3)29-26(31)19-13-12-16(2)22(14-19)30-27(32)20-9-5-6-10-21(20)28/h5-15,17H,4H2,1-3H3,(H,29,31)(H,30,32). The van der Waals surface area contributed by atoms with E-state index in [4.69, 9.17) is 9.15 Å². The summed E-state index contributed by atoms with van der Waals surface area (Å²) in [7, 11) is 0. The largest absolute Gasteiger partial charge is 0.490 e. The predicted molar refractivity (Wildman–Crippen MR) is 129 cm³/mol. The molecular formula is C27H25FN2O4. The lowest BCUT2D eigenvalue weighted by Gasteiger charge is -2.14. The zero-order valence-electron chi connectivity index (χ0n) is 19.1. The lowest BCUT2D eigenvalue weighted by molar-refractivity contribution is 0.0934. The highest BCUT2D eigenvalue weighted by Crippen LogP contribution is 2.31. The van der Waals surface area contributed by atoms with Crippen LogP contribution in [0.4, 0.5) is 10.1 Å². The number of para-hydroxylation sites is 1. The molecule has 1 unspecified atom stereocenters. The third-order valence-electron chi connectivity index (χ3n) is 5.47. The summed E-state index contributed by atoms with van der Waals surface area (Å²) in [6.45, 7) is 6.04. The second-order valence-corrected chi connectivity index (χ2v) is 7.92. The van der Waals surface area contributed by atoms with E-state index in [1.165, 1.54) is 18.2 Å². The maximum atomic E-state index is 14.0. The van der Waals surface area contributed by atoms with E-state index in [0.29, 0.717) is 35.0 Å². The Kier molecular flexibility index (Phi) is 6.63. The van der Waals surface area contributed by atoms with Crippen molar-refractivity contribution in [2.75, 3.05) is 11.9 Å². The summed E-state index contributed by atoms with van der Waals surface area (Å²) >= 11 is 0. The van der Waals surface area contributed by atoms with Crippen molar-refractivity contribution in [2.45, 2.75) is 26.8 Å². The predicted octanol–water partition coefficient (Wildman–Crippen LogP) is 6.02. The van der Waals surface area contributed by atoms with Gasteiger partial charge in [0.05, 0.1) is 18.2 Å². The van der Waals surface area contributed by atoms with E-state index in [1.54, 1.807) is 31.2 Å². The zero-order valence-corrected chi connectivity index (χ0v) is 19.1. The van der Waals surface area contributed by atoms with Crippen LogP contribution in [-0.4, -0.2) is 18.4 Å². The van der Waals surface area contributed by atoms with Gasteiger partial charge in [0.2, 0.25) is 0 Å². The molecule has 3 aromatic carbocycles. The first-order chi connectivity index (χ1) is 16.4. The smallest absolute Gasteiger partial charge is 0.258 e. The summed E-state index contributed by atoms with van der Waals surface area (Å²) in [4.78, 5) is 25.5. The van der Waals surface area contributed by atoms with Crippen molar-refractivity contribution in [3.8, 4) is 5.75 Å². The van der Waals surface area contributed by atoms with Crippen molar-refractivity contribution in [3.05, 3.63) is 95.0 Å². The van der Waals surface area contributed by atoms with Crippen molar-refractivity contribution in [1.82, 2.24) is 5.32 Å². The molecule has 7 heteroatoms. The average molecular weight is 461 g/mol. The third-order valence-corrected chi connectivity index (χ3v) is 5.47. The lowest BCUT2D eigenvalue weighted by atomic mass is 10.1. The van der Waals surface area contributed by atoms with Gasteiger partial charge in [-0.1, -0.05) is 30.3 Å². The molecule has 0 aliphatic heterocycles. The number of benzene rings is 3. The van der Waals surface area contributed by atoms with Crippen LogP contribution in [0.5, 0.6) is 5.75 Å². The second-order valence-electron chi connectivity index (χ2n) is 7.92. The van der Waals surface area contributed by atoms with Crippen LogP contribution in [0.25, 0.3) is 11.0 Å². The van der Waals surface area contributed by atoms with Crippen molar-refractivity contribution < 1.29 is 23.1 Å². The summed E-state index contributed by atoms with van der Waals surface area (Å²) in [6, 6.07) is 17.8. The Bertz CT molecular complexity index is 1360. The minimum atomic E-state index is -0.612. The molecule has 2 amide bonds. The van der Waals surface area contributed by atoms with Crippen LogP contribution in [0.2, 0.25) is 0 Å². The molecule has 0 saturated heterocycles. The van der Waals surface area contributed by atoms with Gasteiger partial charge in [0.25, 0.3) is 11.8 Å². The summed E-state index contributed by atoms with van der Waals surface area (Å²) in [6.07, 6.45) is 0. The maximum absolute atomic E-state index is 14.0.